The molecule has 1 saturated carbocycles. The van der Waals surface area contributed by atoms with Crippen molar-refractivity contribution < 1.29 is 9.53 Å². The topological polar surface area (TPSA) is 64.1 Å². The molecule has 18 heavy (non-hydrogen) atoms. The van der Waals surface area contributed by atoms with Crippen LogP contribution in [0.25, 0.3) is 0 Å². The van der Waals surface area contributed by atoms with Gasteiger partial charge in [-0.2, -0.15) is 0 Å². The molecule has 2 rings (SSSR count). The second kappa shape index (κ2) is 6.33. The van der Waals surface area contributed by atoms with Crippen molar-refractivity contribution in [3.63, 3.8) is 0 Å². The lowest BCUT2D eigenvalue weighted by atomic mass is 9.93. The van der Waals surface area contributed by atoms with Crippen molar-refractivity contribution in [2.75, 3.05) is 0 Å². The molecule has 0 radical (unpaired) electrons. The third kappa shape index (κ3) is 3.68. The first-order valence-electron chi connectivity index (χ1n) is 6.51. The van der Waals surface area contributed by atoms with Crippen LogP contribution in [0.2, 0.25) is 0 Å². The molecule has 0 spiro atoms. The molecule has 98 valence electrons. The molecule has 0 aromatic carbocycles. The van der Waals surface area contributed by atoms with Gasteiger partial charge in [-0.3, -0.25) is 4.79 Å². The highest BCUT2D eigenvalue weighted by molar-refractivity contribution is 5.75. The van der Waals surface area contributed by atoms with Crippen molar-refractivity contribution in [1.82, 2.24) is 15.3 Å². The SMILES string of the molecule is CCC(=O)NC1CCC(Oc2ncccn2)CC1. The highest BCUT2D eigenvalue weighted by Gasteiger charge is 2.23. The largest absolute Gasteiger partial charge is 0.460 e. The van der Waals surface area contributed by atoms with Gasteiger partial charge >= 0.3 is 6.01 Å². The molecule has 1 fully saturated rings. The van der Waals surface area contributed by atoms with Crippen LogP contribution in [0.4, 0.5) is 0 Å². The summed E-state index contributed by atoms with van der Waals surface area (Å²) in [6.07, 6.45) is 7.87. The molecule has 5 nitrogen and oxygen atoms in total. The predicted molar refractivity (Wildman–Crippen MR) is 67.1 cm³/mol. The monoisotopic (exact) mass is 249 g/mol. The van der Waals surface area contributed by atoms with Gasteiger partial charge in [0.15, 0.2) is 0 Å². The molecule has 1 amide bonds. The van der Waals surface area contributed by atoms with Crippen LogP contribution in [0, 0.1) is 0 Å². The number of aromatic nitrogens is 2. The maximum absolute atomic E-state index is 11.3. The highest BCUT2D eigenvalue weighted by Crippen LogP contribution is 2.21. The van der Waals surface area contributed by atoms with Crippen LogP contribution < -0.4 is 10.1 Å². The molecule has 0 aliphatic heterocycles. The number of ether oxygens (including phenoxy) is 1. The molecule has 1 N–H and O–H groups in total. The Labute approximate surface area is 107 Å². The van der Waals surface area contributed by atoms with E-state index in [0.717, 1.165) is 25.7 Å². The third-order valence-electron chi connectivity index (χ3n) is 3.17. The fourth-order valence-corrected chi connectivity index (χ4v) is 2.15. The number of nitrogens with one attached hydrogen (secondary N) is 1. The zero-order valence-corrected chi connectivity index (χ0v) is 10.6. The number of rotatable bonds is 4. The summed E-state index contributed by atoms with van der Waals surface area (Å²) in [6, 6.07) is 2.51. The Morgan fingerprint density at radius 2 is 2.00 bits per heavy atom. The van der Waals surface area contributed by atoms with Crippen LogP contribution in [0.1, 0.15) is 39.0 Å². The van der Waals surface area contributed by atoms with Crippen molar-refractivity contribution in [2.24, 2.45) is 0 Å². The van der Waals surface area contributed by atoms with Crippen LogP contribution in [-0.2, 0) is 4.79 Å². The number of hydrogen-bond donors (Lipinski definition) is 1. The lowest BCUT2D eigenvalue weighted by Gasteiger charge is -2.28. The molecular weight excluding hydrogens is 230 g/mol. The molecule has 0 saturated heterocycles. The maximum atomic E-state index is 11.3. The Morgan fingerprint density at radius 1 is 1.33 bits per heavy atom. The molecule has 1 heterocycles. The van der Waals surface area contributed by atoms with Gasteiger partial charge in [0.1, 0.15) is 6.10 Å². The second-order valence-corrected chi connectivity index (χ2v) is 4.54. The second-order valence-electron chi connectivity index (χ2n) is 4.54. The Balaban J connectivity index is 1.75. The zero-order valence-electron chi connectivity index (χ0n) is 10.6. The number of nitrogens with zero attached hydrogens (tertiary/aromatic N) is 2. The molecule has 0 bridgehead atoms. The van der Waals surface area contributed by atoms with Gasteiger partial charge in [0, 0.05) is 24.9 Å². The Kier molecular flexibility index (Phi) is 4.50. The summed E-state index contributed by atoms with van der Waals surface area (Å²) in [5.74, 6) is 0.130. The molecule has 1 aromatic heterocycles. The van der Waals surface area contributed by atoms with Crippen molar-refractivity contribution in [3.05, 3.63) is 18.5 Å². The van der Waals surface area contributed by atoms with Gasteiger partial charge in [-0.15, -0.1) is 0 Å². The van der Waals surface area contributed by atoms with E-state index in [1.807, 2.05) is 6.92 Å². The van der Waals surface area contributed by atoms with Gasteiger partial charge in [0.25, 0.3) is 0 Å². The molecule has 1 aliphatic rings. The molecular formula is C13H19N3O2. The quantitative estimate of drug-likeness (QED) is 0.882. The fourth-order valence-electron chi connectivity index (χ4n) is 2.15. The van der Waals surface area contributed by atoms with Crippen molar-refractivity contribution in [1.29, 1.82) is 0 Å². The molecule has 0 atom stereocenters. The van der Waals surface area contributed by atoms with Crippen LogP contribution in [-0.4, -0.2) is 28.0 Å². The summed E-state index contributed by atoms with van der Waals surface area (Å²) in [6.45, 7) is 1.87. The van der Waals surface area contributed by atoms with Crippen LogP contribution in [0.3, 0.4) is 0 Å². The average molecular weight is 249 g/mol. The Hall–Kier alpha value is -1.65. The molecule has 5 heteroatoms. The lowest BCUT2D eigenvalue weighted by Crippen LogP contribution is -2.39. The van der Waals surface area contributed by atoms with E-state index < -0.39 is 0 Å². The lowest BCUT2D eigenvalue weighted by molar-refractivity contribution is -0.121. The first-order chi connectivity index (χ1) is 8.78. The summed E-state index contributed by atoms with van der Waals surface area (Å²) in [7, 11) is 0. The first-order valence-corrected chi connectivity index (χ1v) is 6.51. The highest BCUT2D eigenvalue weighted by atomic mass is 16.5. The van der Waals surface area contributed by atoms with E-state index in [4.69, 9.17) is 4.74 Å². The summed E-state index contributed by atoms with van der Waals surface area (Å²) in [5, 5.41) is 3.03. The Bertz CT molecular complexity index is 375. The maximum Gasteiger partial charge on any atom is 0.316 e. The summed E-state index contributed by atoms with van der Waals surface area (Å²) in [5.41, 5.74) is 0. The van der Waals surface area contributed by atoms with Crippen molar-refractivity contribution in [3.8, 4) is 6.01 Å². The number of carbonyl (C=O) groups excluding carboxylic acids is 1. The van der Waals surface area contributed by atoms with E-state index in [1.165, 1.54) is 0 Å². The molecule has 1 aliphatic carbocycles. The van der Waals surface area contributed by atoms with Gasteiger partial charge in [0.05, 0.1) is 0 Å². The van der Waals surface area contributed by atoms with Gasteiger partial charge in [0.2, 0.25) is 5.91 Å². The average Bonchev–Trinajstić information content (AvgIpc) is 2.42. The molecule has 0 unspecified atom stereocenters. The normalized spacial score (nSPS) is 23.4. The van der Waals surface area contributed by atoms with E-state index >= 15 is 0 Å². The van der Waals surface area contributed by atoms with Gasteiger partial charge in [-0.1, -0.05) is 6.92 Å². The van der Waals surface area contributed by atoms with Gasteiger partial charge in [-0.05, 0) is 31.7 Å². The van der Waals surface area contributed by atoms with Crippen LogP contribution in [0.5, 0.6) is 6.01 Å². The summed E-state index contributed by atoms with van der Waals surface area (Å²) < 4.78 is 5.70. The number of hydrogen-bond acceptors (Lipinski definition) is 4. The number of amides is 1. The van der Waals surface area contributed by atoms with E-state index in [9.17, 15) is 4.79 Å². The van der Waals surface area contributed by atoms with E-state index in [1.54, 1.807) is 18.5 Å². The fraction of sp³-hybridized carbons (Fsp3) is 0.615. The van der Waals surface area contributed by atoms with Crippen molar-refractivity contribution >= 4 is 5.91 Å². The number of carbonyl (C=O) groups is 1. The van der Waals surface area contributed by atoms with E-state index in [2.05, 4.69) is 15.3 Å². The van der Waals surface area contributed by atoms with Gasteiger partial charge < -0.3 is 10.1 Å². The minimum atomic E-state index is 0.130. The first kappa shape index (κ1) is 12.8. The van der Waals surface area contributed by atoms with E-state index in [0.29, 0.717) is 18.5 Å². The van der Waals surface area contributed by atoms with Crippen molar-refractivity contribution in [2.45, 2.75) is 51.2 Å². The summed E-state index contributed by atoms with van der Waals surface area (Å²) >= 11 is 0. The Morgan fingerprint density at radius 3 is 2.61 bits per heavy atom. The minimum absolute atomic E-state index is 0.130. The predicted octanol–water partition coefficient (Wildman–Crippen LogP) is 1.69. The minimum Gasteiger partial charge on any atom is -0.460 e. The van der Waals surface area contributed by atoms with Crippen LogP contribution in [0.15, 0.2) is 18.5 Å². The smallest absolute Gasteiger partial charge is 0.316 e. The third-order valence-corrected chi connectivity index (χ3v) is 3.17. The molecule has 1 aromatic rings. The van der Waals surface area contributed by atoms with E-state index in [-0.39, 0.29) is 12.0 Å². The zero-order chi connectivity index (χ0) is 12.8. The van der Waals surface area contributed by atoms with Gasteiger partial charge in [-0.25, -0.2) is 9.97 Å². The summed E-state index contributed by atoms with van der Waals surface area (Å²) in [4.78, 5) is 19.4. The standard InChI is InChI=1S/C13H19N3O2/c1-2-12(17)16-10-4-6-11(7-5-10)18-13-14-8-3-9-15-13/h3,8-11H,2,4-7H2,1H3,(H,16,17). The van der Waals surface area contributed by atoms with Crippen LogP contribution >= 0.6 is 0 Å².